The van der Waals surface area contributed by atoms with Crippen LogP contribution in [0.2, 0.25) is 10.0 Å². The predicted octanol–water partition coefficient (Wildman–Crippen LogP) is 3.02. The van der Waals surface area contributed by atoms with Crippen molar-refractivity contribution >= 4 is 44.9 Å². The first kappa shape index (κ1) is 24.2. The Bertz CT molecular complexity index is 1220. The highest BCUT2D eigenvalue weighted by Gasteiger charge is 2.42. The monoisotopic (exact) mass is 501 g/mol. The SMILES string of the molecule is COC(=O)C(C(C)C)N1Cc2c(nc(S(C)(=O)=O)nc2-c2cc(OC)c(Cl)cc2Cl)C1=O. The molecule has 9 nitrogen and oxygen atoms in total. The van der Waals surface area contributed by atoms with Crippen LogP contribution in [0.5, 0.6) is 5.75 Å². The summed E-state index contributed by atoms with van der Waals surface area (Å²) in [5.74, 6) is -1.18. The van der Waals surface area contributed by atoms with E-state index in [0.717, 1.165) is 6.26 Å². The highest BCUT2D eigenvalue weighted by Crippen LogP contribution is 2.40. The molecule has 0 N–H and O–H groups in total. The summed E-state index contributed by atoms with van der Waals surface area (Å²) in [7, 11) is -1.22. The zero-order chi connectivity index (χ0) is 24.0. The minimum absolute atomic E-state index is 0.0350. The Kier molecular flexibility index (Phi) is 6.69. The van der Waals surface area contributed by atoms with Gasteiger partial charge in [-0.3, -0.25) is 4.79 Å². The number of methoxy groups -OCH3 is 2. The zero-order valence-electron chi connectivity index (χ0n) is 18.0. The smallest absolute Gasteiger partial charge is 0.328 e. The van der Waals surface area contributed by atoms with Crippen LogP contribution in [0.15, 0.2) is 17.3 Å². The molecule has 0 saturated carbocycles. The Morgan fingerprint density at radius 2 is 1.75 bits per heavy atom. The van der Waals surface area contributed by atoms with E-state index in [9.17, 15) is 18.0 Å². The molecule has 12 heteroatoms. The topological polar surface area (TPSA) is 116 Å². The van der Waals surface area contributed by atoms with E-state index in [1.165, 1.54) is 31.3 Å². The van der Waals surface area contributed by atoms with Crippen LogP contribution in [0.25, 0.3) is 11.3 Å². The molecule has 2 aromatic rings. The average molecular weight is 502 g/mol. The van der Waals surface area contributed by atoms with Gasteiger partial charge in [0, 0.05) is 17.4 Å². The standard InChI is InChI=1S/C20H21Cl2N3O6S/c1-9(2)17(19(27)31-4)25-8-11-15(10-6-14(30-3)13(22)7-12(10)21)23-20(32(5,28)29)24-16(11)18(25)26/h6-7,9,17H,8H2,1-5H3. The molecule has 0 bridgehead atoms. The second kappa shape index (κ2) is 8.84. The fourth-order valence-corrected chi connectivity index (χ4v) is 4.59. The summed E-state index contributed by atoms with van der Waals surface area (Å²) in [6.45, 7) is 3.51. The van der Waals surface area contributed by atoms with Gasteiger partial charge in [-0.15, -0.1) is 0 Å². The first-order valence-corrected chi connectivity index (χ1v) is 12.1. The maximum absolute atomic E-state index is 13.2. The molecule has 1 atom stereocenters. The number of carbonyl (C=O) groups excluding carboxylic acids is 2. The van der Waals surface area contributed by atoms with Crippen molar-refractivity contribution in [2.24, 2.45) is 5.92 Å². The van der Waals surface area contributed by atoms with Gasteiger partial charge in [-0.05, 0) is 18.1 Å². The molecule has 172 valence electrons. The van der Waals surface area contributed by atoms with E-state index >= 15 is 0 Å². The van der Waals surface area contributed by atoms with E-state index in [-0.39, 0.29) is 39.6 Å². The lowest BCUT2D eigenvalue weighted by Gasteiger charge is -2.28. The minimum atomic E-state index is -3.88. The molecule has 1 aliphatic rings. The molecule has 1 unspecified atom stereocenters. The van der Waals surface area contributed by atoms with Crippen molar-refractivity contribution in [3.8, 4) is 17.0 Å². The average Bonchev–Trinajstić information content (AvgIpc) is 3.03. The van der Waals surface area contributed by atoms with Gasteiger partial charge in [-0.1, -0.05) is 37.0 Å². The molecule has 0 spiro atoms. The first-order valence-electron chi connectivity index (χ1n) is 9.43. The van der Waals surface area contributed by atoms with Gasteiger partial charge >= 0.3 is 5.97 Å². The van der Waals surface area contributed by atoms with Gasteiger partial charge in [-0.25, -0.2) is 23.2 Å². The largest absolute Gasteiger partial charge is 0.495 e. The number of benzene rings is 1. The van der Waals surface area contributed by atoms with Crippen molar-refractivity contribution in [3.63, 3.8) is 0 Å². The van der Waals surface area contributed by atoms with Gasteiger partial charge in [0.2, 0.25) is 15.0 Å². The van der Waals surface area contributed by atoms with Gasteiger partial charge in [0.25, 0.3) is 5.91 Å². The molecule has 0 aliphatic carbocycles. The van der Waals surface area contributed by atoms with E-state index in [1.807, 2.05) is 0 Å². The lowest BCUT2D eigenvalue weighted by Crippen LogP contribution is -2.45. The highest BCUT2D eigenvalue weighted by molar-refractivity contribution is 7.90. The van der Waals surface area contributed by atoms with E-state index in [1.54, 1.807) is 13.8 Å². The molecule has 3 rings (SSSR count). The number of ether oxygens (including phenoxy) is 2. The van der Waals surface area contributed by atoms with Crippen molar-refractivity contribution in [1.82, 2.24) is 14.9 Å². The number of hydrogen-bond acceptors (Lipinski definition) is 8. The molecule has 0 radical (unpaired) electrons. The van der Waals surface area contributed by atoms with Crippen LogP contribution in [0.3, 0.4) is 0 Å². The van der Waals surface area contributed by atoms with Crippen LogP contribution >= 0.6 is 23.2 Å². The Labute approximate surface area is 195 Å². The van der Waals surface area contributed by atoms with E-state index in [0.29, 0.717) is 11.1 Å². The van der Waals surface area contributed by atoms with Crippen molar-refractivity contribution < 1.29 is 27.5 Å². The van der Waals surface area contributed by atoms with Crippen LogP contribution in [-0.4, -0.2) is 61.7 Å². The van der Waals surface area contributed by atoms with Crippen molar-refractivity contribution in [3.05, 3.63) is 33.4 Å². The lowest BCUT2D eigenvalue weighted by atomic mass is 10.0. The molecular formula is C20H21Cl2N3O6S. The number of amides is 1. The van der Waals surface area contributed by atoms with Gasteiger partial charge in [0.15, 0.2) is 0 Å². The molecule has 1 aromatic heterocycles. The second-order valence-electron chi connectivity index (χ2n) is 7.57. The summed E-state index contributed by atoms with van der Waals surface area (Å²) >= 11 is 12.5. The molecule has 32 heavy (non-hydrogen) atoms. The number of fused-ring (bicyclic) bond motifs is 1. The van der Waals surface area contributed by atoms with Crippen LogP contribution < -0.4 is 4.74 Å². The van der Waals surface area contributed by atoms with Crippen molar-refractivity contribution in [1.29, 1.82) is 0 Å². The third kappa shape index (κ3) is 4.26. The van der Waals surface area contributed by atoms with E-state index in [2.05, 4.69) is 9.97 Å². The third-order valence-corrected chi connectivity index (χ3v) is 6.47. The Balaban J connectivity index is 2.28. The molecule has 1 aliphatic heterocycles. The number of rotatable bonds is 6. The number of aromatic nitrogens is 2. The van der Waals surface area contributed by atoms with Crippen molar-refractivity contribution in [2.45, 2.75) is 31.6 Å². The van der Waals surface area contributed by atoms with Crippen LogP contribution in [0, 0.1) is 5.92 Å². The maximum atomic E-state index is 13.2. The normalized spacial score (nSPS) is 14.5. The molecule has 1 aromatic carbocycles. The van der Waals surface area contributed by atoms with E-state index in [4.69, 9.17) is 32.7 Å². The Hall–Kier alpha value is -2.43. The Morgan fingerprint density at radius 3 is 2.28 bits per heavy atom. The van der Waals surface area contributed by atoms with Gasteiger partial charge in [0.05, 0.1) is 36.5 Å². The molecule has 0 fully saturated rings. The number of hydrogen-bond donors (Lipinski definition) is 0. The fourth-order valence-electron chi connectivity index (χ4n) is 3.53. The summed E-state index contributed by atoms with van der Waals surface area (Å²) in [6, 6.07) is 2.05. The summed E-state index contributed by atoms with van der Waals surface area (Å²) < 4.78 is 34.6. The van der Waals surface area contributed by atoms with Gasteiger partial charge in [0.1, 0.15) is 17.5 Å². The third-order valence-electron chi connectivity index (χ3n) is 5.02. The lowest BCUT2D eigenvalue weighted by molar-refractivity contribution is -0.147. The summed E-state index contributed by atoms with van der Waals surface area (Å²) in [6.07, 6.45) is 0.936. The molecule has 1 amide bonds. The molecular weight excluding hydrogens is 481 g/mol. The van der Waals surface area contributed by atoms with E-state index < -0.39 is 32.9 Å². The second-order valence-corrected chi connectivity index (χ2v) is 10.3. The van der Waals surface area contributed by atoms with Crippen molar-refractivity contribution in [2.75, 3.05) is 20.5 Å². The minimum Gasteiger partial charge on any atom is -0.495 e. The number of halogens is 2. The first-order chi connectivity index (χ1) is 14.9. The van der Waals surface area contributed by atoms with Gasteiger partial charge in [-0.2, -0.15) is 0 Å². The summed E-state index contributed by atoms with van der Waals surface area (Å²) in [4.78, 5) is 35.2. The predicted molar refractivity (Wildman–Crippen MR) is 118 cm³/mol. The molecule has 2 heterocycles. The number of carbonyl (C=O) groups is 2. The van der Waals surface area contributed by atoms with Gasteiger partial charge < -0.3 is 14.4 Å². The maximum Gasteiger partial charge on any atom is 0.328 e. The number of esters is 1. The highest BCUT2D eigenvalue weighted by atomic mass is 35.5. The summed E-state index contributed by atoms with van der Waals surface area (Å²) in [5, 5.41) is -0.111. The van der Waals surface area contributed by atoms with Crippen LogP contribution in [0.1, 0.15) is 29.9 Å². The Morgan fingerprint density at radius 1 is 1.12 bits per heavy atom. The summed E-state index contributed by atoms with van der Waals surface area (Å²) in [5.41, 5.74) is 0.669. The number of nitrogens with zero attached hydrogens (tertiary/aromatic N) is 3. The zero-order valence-corrected chi connectivity index (χ0v) is 20.3. The quantitative estimate of drug-likeness (QED) is 0.437. The van der Waals surface area contributed by atoms with Crippen LogP contribution in [0.4, 0.5) is 0 Å². The number of sulfone groups is 1. The fraction of sp³-hybridized carbons (Fsp3) is 0.400. The van der Waals surface area contributed by atoms with Crippen LogP contribution in [-0.2, 0) is 25.9 Å². The molecule has 0 saturated heterocycles.